The number of thiocarbonyl (C=S) groups is 1. The van der Waals surface area contributed by atoms with Crippen molar-refractivity contribution in [1.29, 1.82) is 0 Å². The van der Waals surface area contributed by atoms with E-state index in [0.29, 0.717) is 28.2 Å². The maximum Gasteiger partial charge on any atom is 0.265 e. The summed E-state index contributed by atoms with van der Waals surface area (Å²) in [6, 6.07) is 15.0. The van der Waals surface area contributed by atoms with E-state index in [-0.39, 0.29) is 5.91 Å². The number of nitrogens with zero attached hydrogens (tertiary/aromatic N) is 1. The SMILES string of the molecule is COc1cccc(OCCOc2cccc(C=C3SC(=S)N(C)C3=O)c2)c1. The van der Waals surface area contributed by atoms with Gasteiger partial charge in [0.15, 0.2) is 0 Å². The molecule has 0 spiro atoms. The Morgan fingerprint density at radius 2 is 1.67 bits per heavy atom. The van der Waals surface area contributed by atoms with E-state index in [1.807, 2.05) is 54.6 Å². The lowest BCUT2D eigenvalue weighted by atomic mass is 10.2. The molecular weight excluding hydrogens is 382 g/mol. The predicted molar refractivity (Wildman–Crippen MR) is 111 cm³/mol. The summed E-state index contributed by atoms with van der Waals surface area (Å²) in [5.41, 5.74) is 0.884. The molecule has 3 rings (SSSR count). The van der Waals surface area contributed by atoms with Crippen LogP contribution in [-0.4, -0.2) is 42.5 Å². The lowest BCUT2D eigenvalue weighted by molar-refractivity contribution is -0.121. The minimum absolute atomic E-state index is 0.0805. The normalized spacial score (nSPS) is 15.3. The number of thioether (sulfide) groups is 1. The molecule has 1 fully saturated rings. The lowest BCUT2D eigenvalue weighted by Gasteiger charge is -2.10. The Balaban J connectivity index is 1.55. The number of amides is 1. The second-order valence-corrected chi connectivity index (χ2v) is 7.36. The Kier molecular flexibility index (Phi) is 6.36. The van der Waals surface area contributed by atoms with Crippen LogP contribution >= 0.6 is 24.0 Å². The molecule has 1 aliphatic heterocycles. The zero-order valence-electron chi connectivity index (χ0n) is 15.0. The van der Waals surface area contributed by atoms with Gasteiger partial charge in [-0.2, -0.15) is 0 Å². The van der Waals surface area contributed by atoms with Gasteiger partial charge in [-0.3, -0.25) is 9.69 Å². The van der Waals surface area contributed by atoms with Crippen LogP contribution in [0.4, 0.5) is 0 Å². The van der Waals surface area contributed by atoms with E-state index in [9.17, 15) is 4.79 Å². The van der Waals surface area contributed by atoms with Gasteiger partial charge in [-0.15, -0.1) is 0 Å². The van der Waals surface area contributed by atoms with Gasteiger partial charge in [0, 0.05) is 13.1 Å². The smallest absolute Gasteiger partial charge is 0.265 e. The third-order valence-electron chi connectivity index (χ3n) is 3.80. The summed E-state index contributed by atoms with van der Waals surface area (Å²) in [7, 11) is 3.30. The number of rotatable bonds is 7. The van der Waals surface area contributed by atoms with Crippen LogP contribution in [-0.2, 0) is 4.79 Å². The van der Waals surface area contributed by atoms with Crippen LogP contribution in [0.3, 0.4) is 0 Å². The van der Waals surface area contributed by atoms with Crippen molar-refractivity contribution in [2.75, 3.05) is 27.4 Å². The molecule has 140 valence electrons. The van der Waals surface area contributed by atoms with E-state index in [1.165, 1.54) is 16.7 Å². The molecule has 0 atom stereocenters. The number of likely N-dealkylation sites (N-methyl/N-ethyl adjacent to an activating group) is 1. The predicted octanol–water partition coefficient (Wildman–Crippen LogP) is 3.98. The molecule has 7 heteroatoms. The van der Waals surface area contributed by atoms with E-state index >= 15 is 0 Å². The molecule has 27 heavy (non-hydrogen) atoms. The Labute approximate surface area is 167 Å². The van der Waals surface area contributed by atoms with Crippen molar-refractivity contribution in [2.24, 2.45) is 0 Å². The molecule has 0 N–H and O–H groups in total. The molecule has 0 bridgehead atoms. The molecule has 0 radical (unpaired) electrons. The number of ether oxygens (including phenoxy) is 3. The monoisotopic (exact) mass is 401 g/mol. The first-order valence-electron chi connectivity index (χ1n) is 8.28. The number of methoxy groups -OCH3 is 1. The van der Waals surface area contributed by atoms with Crippen molar-refractivity contribution >= 4 is 40.3 Å². The quantitative estimate of drug-likeness (QED) is 0.397. The van der Waals surface area contributed by atoms with Gasteiger partial charge >= 0.3 is 0 Å². The average Bonchev–Trinajstić information content (AvgIpc) is 2.92. The van der Waals surface area contributed by atoms with E-state index < -0.39 is 0 Å². The fourth-order valence-corrected chi connectivity index (χ4v) is 3.58. The zero-order valence-corrected chi connectivity index (χ0v) is 16.6. The van der Waals surface area contributed by atoms with Crippen molar-refractivity contribution in [1.82, 2.24) is 4.90 Å². The molecule has 0 aliphatic carbocycles. The summed E-state index contributed by atoms with van der Waals surface area (Å²) >= 11 is 6.45. The van der Waals surface area contributed by atoms with Crippen molar-refractivity contribution < 1.29 is 19.0 Å². The van der Waals surface area contributed by atoms with Gasteiger partial charge < -0.3 is 14.2 Å². The highest BCUT2D eigenvalue weighted by Crippen LogP contribution is 2.31. The summed E-state index contributed by atoms with van der Waals surface area (Å²) in [5, 5.41) is 0. The van der Waals surface area contributed by atoms with Gasteiger partial charge in [0.2, 0.25) is 0 Å². The van der Waals surface area contributed by atoms with Crippen LogP contribution in [0.15, 0.2) is 53.4 Å². The molecule has 1 saturated heterocycles. The van der Waals surface area contributed by atoms with Crippen molar-refractivity contribution in [3.8, 4) is 17.2 Å². The maximum absolute atomic E-state index is 12.1. The maximum atomic E-state index is 12.1. The van der Waals surface area contributed by atoms with Crippen LogP contribution in [0.25, 0.3) is 6.08 Å². The molecule has 0 unspecified atom stereocenters. The second-order valence-electron chi connectivity index (χ2n) is 5.69. The second kappa shape index (κ2) is 8.92. The lowest BCUT2D eigenvalue weighted by Crippen LogP contribution is -2.22. The van der Waals surface area contributed by atoms with Crippen LogP contribution in [0, 0.1) is 0 Å². The van der Waals surface area contributed by atoms with Crippen LogP contribution in [0.1, 0.15) is 5.56 Å². The first-order chi connectivity index (χ1) is 13.1. The molecule has 2 aromatic rings. The summed E-state index contributed by atoms with van der Waals surface area (Å²) in [6.45, 7) is 0.809. The van der Waals surface area contributed by atoms with Crippen molar-refractivity contribution in [2.45, 2.75) is 0 Å². The average molecular weight is 402 g/mol. The molecule has 0 aromatic heterocycles. The molecule has 5 nitrogen and oxygen atoms in total. The highest BCUT2D eigenvalue weighted by molar-refractivity contribution is 8.26. The molecule has 1 amide bonds. The number of carbonyl (C=O) groups is 1. The fraction of sp³-hybridized carbons (Fsp3) is 0.200. The minimum Gasteiger partial charge on any atom is -0.497 e. The summed E-state index contributed by atoms with van der Waals surface area (Å²) in [4.78, 5) is 14.2. The largest absolute Gasteiger partial charge is 0.497 e. The van der Waals surface area contributed by atoms with Crippen molar-refractivity contribution in [3.63, 3.8) is 0 Å². The van der Waals surface area contributed by atoms with Crippen LogP contribution < -0.4 is 14.2 Å². The number of hydrogen-bond donors (Lipinski definition) is 0. The highest BCUT2D eigenvalue weighted by Gasteiger charge is 2.28. The van der Waals surface area contributed by atoms with Gasteiger partial charge in [0.25, 0.3) is 5.91 Å². The Bertz CT molecular complexity index is 882. The Morgan fingerprint density at radius 1 is 1.04 bits per heavy atom. The topological polar surface area (TPSA) is 48.0 Å². The number of carbonyl (C=O) groups excluding carboxylic acids is 1. The van der Waals surface area contributed by atoms with Gasteiger partial charge in [-0.05, 0) is 35.9 Å². The van der Waals surface area contributed by atoms with E-state index in [1.54, 1.807) is 14.2 Å². The fourth-order valence-electron chi connectivity index (χ4n) is 2.40. The number of benzene rings is 2. The van der Waals surface area contributed by atoms with Crippen LogP contribution in [0.2, 0.25) is 0 Å². The first kappa shape index (κ1) is 19.3. The molecule has 1 aliphatic rings. The standard InChI is InChI=1S/C20H19NO4S2/c1-21-19(22)18(27-20(21)26)12-14-5-3-7-16(11-14)24-9-10-25-17-8-4-6-15(13-17)23-2/h3-8,11-13H,9-10H2,1-2H3. The van der Waals surface area contributed by atoms with Crippen LogP contribution in [0.5, 0.6) is 17.2 Å². The summed E-state index contributed by atoms with van der Waals surface area (Å²) in [5.74, 6) is 2.11. The third kappa shape index (κ3) is 5.02. The van der Waals surface area contributed by atoms with Gasteiger partial charge in [-0.1, -0.05) is 42.2 Å². The molecule has 0 saturated carbocycles. The van der Waals surface area contributed by atoms with Crippen molar-refractivity contribution in [3.05, 3.63) is 59.0 Å². The number of hydrogen-bond acceptors (Lipinski definition) is 6. The zero-order chi connectivity index (χ0) is 19.2. The Morgan fingerprint density at radius 3 is 2.30 bits per heavy atom. The van der Waals surface area contributed by atoms with E-state index in [0.717, 1.165) is 17.1 Å². The Hall–Kier alpha value is -2.51. The minimum atomic E-state index is -0.0805. The highest BCUT2D eigenvalue weighted by atomic mass is 32.2. The summed E-state index contributed by atoms with van der Waals surface area (Å²) in [6.07, 6.45) is 1.82. The third-order valence-corrected chi connectivity index (χ3v) is 5.29. The summed E-state index contributed by atoms with van der Waals surface area (Å²) < 4.78 is 17.1. The molecular formula is C20H19NO4S2. The van der Waals surface area contributed by atoms with Gasteiger partial charge in [-0.25, -0.2) is 0 Å². The van der Waals surface area contributed by atoms with Gasteiger partial charge in [0.05, 0.1) is 12.0 Å². The van der Waals surface area contributed by atoms with E-state index in [4.69, 9.17) is 26.4 Å². The van der Waals surface area contributed by atoms with E-state index in [2.05, 4.69) is 0 Å². The molecule has 1 heterocycles. The van der Waals surface area contributed by atoms with Gasteiger partial charge in [0.1, 0.15) is 34.8 Å². The molecule has 2 aromatic carbocycles. The first-order valence-corrected chi connectivity index (χ1v) is 9.50.